The first-order chi connectivity index (χ1) is 20.7. The van der Waals surface area contributed by atoms with Crippen LogP contribution < -0.4 is 10.2 Å². The Labute approximate surface area is 252 Å². The number of pyridine rings is 2. The molecule has 4 aromatic rings. The summed E-state index contributed by atoms with van der Waals surface area (Å²) in [5.74, 6) is 0.247. The van der Waals surface area contributed by atoms with Gasteiger partial charge in [0.1, 0.15) is 5.52 Å². The maximum atomic E-state index is 14.7. The molecule has 3 aliphatic rings. The summed E-state index contributed by atoms with van der Waals surface area (Å²) in [5, 5.41) is 3.21. The number of likely N-dealkylation sites (tertiary alicyclic amines) is 1. The van der Waals surface area contributed by atoms with Gasteiger partial charge in [-0.1, -0.05) is 25.0 Å². The zero-order valence-corrected chi connectivity index (χ0v) is 25.5. The standard InChI is InChI=1S/C34H40FN7O/c1-21(2)41-20-37-29-18-28(39-32(31(29)41)38-27-11-12-36-19-26(27)35)22-9-10-25-30(15-22)42(33(43)34(25,3)4)24-16-23(17-24)40-13-7-5-6-8-14-40/h9-12,15,18-21,23-24H,5-8,13-14,16-17H2,1-4H3,(H,36,38,39). The van der Waals surface area contributed by atoms with Crippen LogP contribution in [-0.4, -0.2) is 55.5 Å². The number of nitrogens with zero attached hydrogens (tertiary/aromatic N) is 6. The first-order valence-electron chi connectivity index (χ1n) is 15.7. The molecule has 3 aromatic heterocycles. The lowest BCUT2D eigenvalue weighted by atomic mass is 9.83. The average molecular weight is 582 g/mol. The highest BCUT2D eigenvalue weighted by Gasteiger charge is 2.50. The Hall–Kier alpha value is -3.85. The van der Waals surface area contributed by atoms with Crippen LogP contribution in [0.3, 0.4) is 0 Å². The van der Waals surface area contributed by atoms with Gasteiger partial charge in [-0.3, -0.25) is 9.78 Å². The van der Waals surface area contributed by atoms with Crippen LogP contribution in [0.15, 0.2) is 49.1 Å². The molecule has 224 valence electrons. The number of benzene rings is 1. The molecule has 7 rings (SSSR count). The fourth-order valence-corrected chi connectivity index (χ4v) is 7.13. The largest absolute Gasteiger partial charge is 0.336 e. The zero-order chi connectivity index (χ0) is 29.9. The van der Waals surface area contributed by atoms with Crippen LogP contribution in [0.1, 0.15) is 77.8 Å². The average Bonchev–Trinajstić information content (AvgIpc) is 3.33. The lowest BCUT2D eigenvalue weighted by molar-refractivity contribution is -0.123. The van der Waals surface area contributed by atoms with Gasteiger partial charge in [-0.25, -0.2) is 14.4 Å². The summed E-state index contributed by atoms with van der Waals surface area (Å²) in [4.78, 5) is 32.2. The first-order valence-corrected chi connectivity index (χ1v) is 15.7. The highest BCUT2D eigenvalue weighted by Crippen LogP contribution is 2.48. The van der Waals surface area contributed by atoms with E-state index in [-0.39, 0.29) is 18.0 Å². The van der Waals surface area contributed by atoms with Gasteiger partial charge in [0.25, 0.3) is 0 Å². The third-order valence-corrected chi connectivity index (χ3v) is 9.72. The Bertz CT molecular complexity index is 1680. The molecule has 8 nitrogen and oxygen atoms in total. The van der Waals surface area contributed by atoms with Gasteiger partial charge in [0.15, 0.2) is 11.6 Å². The van der Waals surface area contributed by atoms with E-state index in [4.69, 9.17) is 9.97 Å². The summed E-state index contributed by atoms with van der Waals surface area (Å²) >= 11 is 0. The van der Waals surface area contributed by atoms with E-state index in [9.17, 15) is 9.18 Å². The van der Waals surface area contributed by atoms with E-state index in [0.29, 0.717) is 17.5 Å². The number of hydrogen-bond donors (Lipinski definition) is 1. The Morgan fingerprint density at radius 2 is 1.79 bits per heavy atom. The molecule has 1 aliphatic carbocycles. The van der Waals surface area contributed by atoms with Crippen LogP contribution in [-0.2, 0) is 10.2 Å². The van der Waals surface area contributed by atoms with Crippen LogP contribution >= 0.6 is 0 Å². The molecule has 43 heavy (non-hydrogen) atoms. The summed E-state index contributed by atoms with van der Waals surface area (Å²) in [6.45, 7) is 10.6. The molecular weight excluding hydrogens is 541 g/mol. The molecule has 0 radical (unpaired) electrons. The SMILES string of the molecule is CC(C)n1cnc2cc(-c3ccc4c(c3)N(C3CC(N5CCCCCC5)C3)C(=O)C4(C)C)nc(Nc3ccncc3F)c21. The third-order valence-electron chi connectivity index (χ3n) is 9.72. The first kappa shape index (κ1) is 28.0. The van der Waals surface area contributed by atoms with Crippen molar-refractivity contribution < 1.29 is 9.18 Å². The van der Waals surface area contributed by atoms with Crippen LogP contribution in [0.25, 0.3) is 22.3 Å². The van der Waals surface area contributed by atoms with Gasteiger partial charge in [0, 0.05) is 35.6 Å². The number of carbonyl (C=O) groups excluding carboxylic acids is 1. The lowest BCUT2D eigenvalue weighted by Gasteiger charge is -2.46. The summed E-state index contributed by atoms with van der Waals surface area (Å²) in [6.07, 6.45) is 11.8. The fourth-order valence-electron chi connectivity index (χ4n) is 7.13. The number of nitrogens with one attached hydrogen (secondary N) is 1. The molecule has 2 aliphatic heterocycles. The van der Waals surface area contributed by atoms with Crippen molar-refractivity contribution in [3.8, 4) is 11.3 Å². The van der Waals surface area contributed by atoms with Crippen LogP contribution in [0, 0.1) is 5.82 Å². The number of carbonyl (C=O) groups is 1. The molecule has 0 unspecified atom stereocenters. The van der Waals surface area contributed by atoms with Crippen molar-refractivity contribution in [3.05, 3.63) is 60.4 Å². The van der Waals surface area contributed by atoms with Crippen molar-refractivity contribution in [1.82, 2.24) is 24.4 Å². The zero-order valence-electron chi connectivity index (χ0n) is 25.5. The molecule has 2 fully saturated rings. The third kappa shape index (κ3) is 4.78. The van der Waals surface area contributed by atoms with Gasteiger partial charge in [0.2, 0.25) is 5.91 Å². The Morgan fingerprint density at radius 3 is 2.51 bits per heavy atom. The van der Waals surface area contributed by atoms with Crippen molar-refractivity contribution in [2.45, 2.75) is 89.8 Å². The highest BCUT2D eigenvalue weighted by atomic mass is 19.1. The van der Waals surface area contributed by atoms with Gasteiger partial charge in [0.05, 0.1) is 34.8 Å². The molecule has 1 saturated heterocycles. The van der Waals surface area contributed by atoms with E-state index in [1.165, 1.54) is 45.0 Å². The van der Waals surface area contributed by atoms with Gasteiger partial charge < -0.3 is 19.7 Å². The van der Waals surface area contributed by atoms with E-state index >= 15 is 0 Å². The molecule has 0 bridgehead atoms. The summed E-state index contributed by atoms with van der Waals surface area (Å²) < 4.78 is 16.7. The minimum atomic E-state index is -0.583. The quantitative estimate of drug-likeness (QED) is 0.265. The summed E-state index contributed by atoms with van der Waals surface area (Å²) in [5.41, 5.74) is 4.95. The van der Waals surface area contributed by atoms with Crippen molar-refractivity contribution in [3.63, 3.8) is 0 Å². The van der Waals surface area contributed by atoms with Crippen molar-refractivity contribution in [1.29, 1.82) is 0 Å². The minimum Gasteiger partial charge on any atom is -0.336 e. The topological polar surface area (TPSA) is 79.2 Å². The van der Waals surface area contributed by atoms with Crippen molar-refractivity contribution >= 4 is 34.1 Å². The van der Waals surface area contributed by atoms with Crippen LogP contribution in [0.2, 0.25) is 0 Å². The second-order valence-corrected chi connectivity index (χ2v) is 13.2. The Balaban J connectivity index is 1.25. The number of rotatable bonds is 6. The minimum absolute atomic E-state index is 0.142. The van der Waals surface area contributed by atoms with E-state index in [1.54, 1.807) is 18.6 Å². The van der Waals surface area contributed by atoms with Crippen molar-refractivity contribution in [2.75, 3.05) is 23.3 Å². The fraction of sp³-hybridized carbons (Fsp3) is 0.471. The second-order valence-electron chi connectivity index (χ2n) is 13.2. The molecular formula is C34H40FN7O. The normalized spacial score (nSPS) is 22.1. The number of fused-ring (bicyclic) bond motifs is 2. The number of amides is 1. The van der Waals surface area contributed by atoms with Gasteiger partial charge >= 0.3 is 0 Å². The Morgan fingerprint density at radius 1 is 1.02 bits per heavy atom. The molecule has 0 spiro atoms. The smallest absolute Gasteiger partial charge is 0.237 e. The van der Waals surface area contributed by atoms with E-state index in [0.717, 1.165) is 46.4 Å². The van der Waals surface area contributed by atoms with Crippen molar-refractivity contribution in [2.24, 2.45) is 0 Å². The molecule has 5 heterocycles. The van der Waals surface area contributed by atoms with Gasteiger partial charge in [-0.2, -0.15) is 0 Å². The number of imidazole rings is 1. The summed E-state index contributed by atoms with van der Waals surface area (Å²) in [7, 11) is 0. The van der Waals surface area contributed by atoms with Crippen LogP contribution in [0.4, 0.5) is 21.6 Å². The molecule has 1 amide bonds. The second kappa shape index (κ2) is 10.7. The molecule has 1 N–H and O–H groups in total. The van der Waals surface area contributed by atoms with E-state index in [2.05, 4.69) is 46.1 Å². The van der Waals surface area contributed by atoms with Gasteiger partial charge in [-0.05, 0) is 90.2 Å². The monoisotopic (exact) mass is 581 g/mol. The Kier molecular flexibility index (Phi) is 6.95. The lowest BCUT2D eigenvalue weighted by Crippen LogP contribution is -2.56. The summed E-state index contributed by atoms with van der Waals surface area (Å²) in [6, 6.07) is 10.7. The number of aromatic nitrogens is 4. The van der Waals surface area contributed by atoms with Gasteiger partial charge in [-0.15, -0.1) is 0 Å². The number of hydrogen-bond acceptors (Lipinski definition) is 6. The molecule has 1 saturated carbocycles. The maximum absolute atomic E-state index is 14.7. The molecule has 1 aromatic carbocycles. The predicted octanol–water partition coefficient (Wildman–Crippen LogP) is 6.99. The molecule has 9 heteroatoms. The number of halogens is 1. The van der Waals surface area contributed by atoms with E-state index in [1.807, 2.05) is 30.5 Å². The maximum Gasteiger partial charge on any atom is 0.237 e. The van der Waals surface area contributed by atoms with E-state index < -0.39 is 11.2 Å². The highest BCUT2D eigenvalue weighted by molar-refractivity contribution is 6.08. The molecule has 0 atom stereocenters. The number of anilines is 3. The van der Waals surface area contributed by atoms with Crippen LogP contribution in [0.5, 0.6) is 0 Å². The predicted molar refractivity (Wildman–Crippen MR) is 168 cm³/mol.